The SMILES string of the molecule is Cc1cc(C(=O)NC2CCCC2)nc(Nc2ccc(F)c(F)c2)n1. The largest absolute Gasteiger partial charge is 0.348 e. The predicted molar refractivity (Wildman–Crippen MR) is 86.1 cm³/mol. The molecule has 0 saturated heterocycles. The molecule has 1 aromatic heterocycles. The summed E-state index contributed by atoms with van der Waals surface area (Å²) in [4.78, 5) is 20.7. The molecule has 1 aliphatic rings. The maximum Gasteiger partial charge on any atom is 0.270 e. The van der Waals surface area contributed by atoms with E-state index in [0.717, 1.165) is 37.8 Å². The van der Waals surface area contributed by atoms with Crippen LogP contribution in [0.1, 0.15) is 41.9 Å². The Bertz CT molecular complexity index is 760. The third-order valence-electron chi connectivity index (χ3n) is 3.95. The molecule has 1 aliphatic carbocycles. The third-order valence-corrected chi connectivity index (χ3v) is 3.95. The molecule has 2 N–H and O–H groups in total. The highest BCUT2D eigenvalue weighted by Gasteiger charge is 2.19. The summed E-state index contributed by atoms with van der Waals surface area (Å²) in [6.45, 7) is 1.74. The van der Waals surface area contributed by atoms with Crippen molar-refractivity contribution in [3.05, 3.63) is 47.3 Å². The van der Waals surface area contributed by atoms with Gasteiger partial charge in [0, 0.05) is 23.5 Å². The van der Waals surface area contributed by atoms with E-state index in [4.69, 9.17) is 0 Å². The zero-order valence-electron chi connectivity index (χ0n) is 13.3. The molecule has 1 fully saturated rings. The van der Waals surface area contributed by atoms with Crippen LogP contribution in [-0.4, -0.2) is 21.9 Å². The summed E-state index contributed by atoms with van der Waals surface area (Å²) in [5.41, 5.74) is 1.16. The van der Waals surface area contributed by atoms with E-state index in [2.05, 4.69) is 20.6 Å². The number of carbonyl (C=O) groups is 1. The van der Waals surface area contributed by atoms with Gasteiger partial charge in [-0.2, -0.15) is 0 Å². The van der Waals surface area contributed by atoms with Crippen LogP contribution in [0.3, 0.4) is 0 Å². The number of hydrogen-bond acceptors (Lipinski definition) is 4. The van der Waals surface area contributed by atoms with Gasteiger partial charge >= 0.3 is 0 Å². The summed E-state index contributed by atoms with van der Waals surface area (Å²) >= 11 is 0. The lowest BCUT2D eigenvalue weighted by molar-refractivity contribution is 0.0932. The van der Waals surface area contributed by atoms with Gasteiger partial charge in [-0.05, 0) is 38.0 Å². The highest BCUT2D eigenvalue weighted by Crippen LogP contribution is 2.19. The molecular weight excluding hydrogens is 314 g/mol. The molecule has 0 unspecified atom stereocenters. The summed E-state index contributed by atoms with van der Waals surface area (Å²) in [5.74, 6) is -1.98. The van der Waals surface area contributed by atoms with E-state index in [1.54, 1.807) is 13.0 Å². The smallest absolute Gasteiger partial charge is 0.270 e. The number of nitrogens with zero attached hydrogens (tertiary/aromatic N) is 2. The number of amides is 1. The number of aromatic nitrogens is 2. The second-order valence-electron chi connectivity index (χ2n) is 5.93. The molecule has 5 nitrogen and oxygen atoms in total. The van der Waals surface area contributed by atoms with Crippen LogP contribution in [-0.2, 0) is 0 Å². The minimum Gasteiger partial charge on any atom is -0.348 e. The number of carbonyl (C=O) groups excluding carboxylic acids is 1. The monoisotopic (exact) mass is 332 g/mol. The van der Waals surface area contributed by atoms with Crippen molar-refractivity contribution in [2.75, 3.05) is 5.32 Å². The summed E-state index contributed by atoms with van der Waals surface area (Å²) in [6.07, 6.45) is 4.21. The molecule has 0 aliphatic heterocycles. The van der Waals surface area contributed by atoms with Crippen molar-refractivity contribution in [3.8, 4) is 0 Å². The molecule has 0 radical (unpaired) electrons. The predicted octanol–water partition coefficient (Wildman–Crippen LogP) is 3.48. The molecule has 0 atom stereocenters. The highest BCUT2D eigenvalue weighted by molar-refractivity contribution is 5.92. The highest BCUT2D eigenvalue weighted by atomic mass is 19.2. The van der Waals surface area contributed by atoms with E-state index in [1.807, 2.05) is 0 Å². The second-order valence-corrected chi connectivity index (χ2v) is 5.93. The van der Waals surface area contributed by atoms with Crippen molar-refractivity contribution in [3.63, 3.8) is 0 Å². The first-order valence-corrected chi connectivity index (χ1v) is 7.90. The van der Waals surface area contributed by atoms with Gasteiger partial charge in [-0.1, -0.05) is 12.8 Å². The van der Waals surface area contributed by atoms with Crippen LogP contribution in [0, 0.1) is 18.6 Å². The standard InChI is InChI=1S/C17H18F2N4O/c1-10-8-15(16(24)21-11-4-2-3-5-11)23-17(20-10)22-12-6-7-13(18)14(19)9-12/h6-9,11H,2-5H2,1H3,(H,21,24)(H,20,22,23). The third kappa shape index (κ3) is 3.84. The number of aryl methyl sites for hydroxylation is 1. The van der Waals surface area contributed by atoms with Crippen LogP contribution in [0.4, 0.5) is 20.4 Å². The van der Waals surface area contributed by atoms with Crippen LogP contribution in [0.2, 0.25) is 0 Å². The van der Waals surface area contributed by atoms with Crippen molar-refractivity contribution in [2.45, 2.75) is 38.6 Å². The molecule has 1 aromatic carbocycles. The van der Waals surface area contributed by atoms with E-state index < -0.39 is 11.6 Å². The number of anilines is 2. The molecule has 0 bridgehead atoms. The van der Waals surface area contributed by atoms with Crippen LogP contribution in [0.25, 0.3) is 0 Å². The fourth-order valence-electron chi connectivity index (χ4n) is 2.77. The zero-order chi connectivity index (χ0) is 17.1. The van der Waals surface area contributed by atoms with E-state index in [9.17, 15) is 13.6 Å². The number of hydrogen-bond donors (Lipinski definition) is 2. The van der Waals surface area contributed by atoms with Crippen molar-refractivity contribution >= 4 is 17.5 Å². The van der Waals surface area contributed by atoms with Gasteiger partial charge in [0.15, 0.2) is 11.6 Å². The molecule has 24 heavy (non-hydrogen) atoms. The van der Waals surface area contributed by atoms with E-state index in [-0.39, 0.29) is 23.6 Å². The molecule has 0 spiro atoms. The normalized spacial score (nSPS) is 14.6. The molecular formula is C17H18F2N4O. The van der Waals surface area contributed by atoms with Crippen LogP contribution in [0.5, 0.6) is 0 Å². The molecule has 2 aromatic rings. The van der Waals surface area contributed by atoms with Gasteiger partial charge in [0.2, 0.25) is 5.95 Å². The quantitative estimate of drug-likeness (QED) is 0.899. The summed E-state index contributed by atoms with van der Waals surface area (Å²) < 4.78 is 26.3. The first-order chi connectivity index (χ1) is 11.5. The van der Waals surface area contributed by atoms with Crippen LogP contribution in [0.15, 0.2) is 24.3 Å². The lowest BCUT2D eigenvalue weighted by atomic mass is 10.2. The topological polar surface area (TPSA) is 66.9 Å². The lowest BCUT2D eigenvalue weighted by Gasteiger charge is -2.12. The zero-order valence-corrected chi connectivity index (χ0v) is 13.3. The number of rotatable bonds is 4. The maximum atomic E-state index is 13.3. The molecule has 3 rings (SSSR count). The lowest BCUT2D eigenvalue weighted by Crippen LogP contribution is -2.33. The van der Waals surface area contributed by atoms with E-state index in [1.165, 1.54) is 6.07 Å². The first kappa shape index (κ1) is 16.3. The van der Waals surface area contributed by atoms with Gasteiger partial charge in [0.1, 0.15) is 5.69 Å². The molecule has 1 amide bonds. The Morgan fingerprint density at radius 3 is 2.58 bits per heavy atom. The summed E-state index contributed by atoms with van der Waals surface area (Å²) in [5, 5.41) is 5.76. The fraction of sp³-hybridized carbons (Fsp3) is 0.353. The van der Waals surface area contributed by atoms with Crippen LogP contribution >= 0.6 is 0 Å². The number of halogens is 2. The Balaban J connectivity index is 1.77. The van der Waals surface area contributed by atoms with Gasteiger partial charge in [0.05, 0.1) is 0 Å². The first-order valence-electron chi connectivity index (χ1n) is 7.90. The van der Waals surface area contributed by atoms with Gasteiger partial charge in [-0.25, -0.2) is 18.7 Å². The summed E-state index contributed by atoms with van der Waals surface area (Å²) in [7, 11) is 0. The number of benzene rings is 1. The Labute approximate surface area is 138 Å². The Morgan fingerprint density at radius 1 is 1.12 bits per heavy atom. The Morgan fingerprint density at radius 2 is 1.88 bits per heavy atom. The number of nitrogens with one attached hydrogen (secondary N) is 2. The van der Waals surface area contributed by atoms with Gasteiger partial charge < -0.3 is 10.6 Å². The van der Waals surface area contributed by atoms with Crippen LogP contribution < -0.4 is 10.6 Å². The van der Waals surface area contributed by atoms with E-state index >= 15 is 0 Å². The van der Waals surface area contributed by atoms with Crippen molar-refractivity contribution in [1.82, 2.24) is 15.3 Å². The van der Waals surface area contributed by atoms with Crippen molar-refractivity contribution in [1.29, 1.82) is 0 Å². The van der Waals surface area contributed by atoms with Gasteiger partial charge in [-0.3, -0.25) is 4.79 Å². The average molecular weight is 332 g/mol. The van der Waals surface area contributed by atoms with Crippen molar-refractivity contribution in [2.24, 2.45) is 0 Å². The molecule has 7 heteroatoms. The maximum absolute atomic E-state index is 13.3. The minimum absolute atomic E-state index is 0.164. The van der Waals surface area contributed by atoms with E-state index in [0.29, 0.717) is 11.4 Å². The minimum atomic E-state index is -0.966. The Hall–Kier alpha value is -2.57. The molecule has 1 saturated carbocycles. The van der Waals surface area contributed by atoms with Gasteiger partial charge in [-0.15, -0.1) is 0 Å². The average Bonchev–Trinajstić information content (AvgIpc) is 3.03. The molecule has 126 valence electrons. The van der Waals surface area contributed by atoms with Gasteiger partial charge in [0.25, 0.3) is 5.91 Å². The molecule has 1 heterocycles. The second kappa shape index (κ2) is 6.90. The summed E-state index contributed by atoms with van der Waals surface area (Å²) in [6, 6.07) is 5.19. The van der Waals surface area contributed by atoms with Crippen molar-refractivity contribution < 1.29 is 13.6 Å². The Kier molecular flexibility index (Phi) is 4.69. The fourth-order valence-corrected chi connectivity index (χ4v) is 2.77.